The lowest BCUT2D eigenvalue weighted by atomic mass is 9.76. The second kappa shape index (κ2) is 8.82. The monoisotopic (exact) mass is 469 g/mol. The Hall–Kier alpha value is -3.14. The largest absolute Gasteiger partial charge is 0.505 e. The van der Waals surface area contributed by atoms with Gasteiger partial charge >= 0.3 is 0 Å². The molecule has 0 unspecified atom stereocenters. The summed E-state index contributed by atoms with van der Waals surface area (Å²) in [5.41, 5.74) is 6.49. The Labute approximate surface area is 210 Å². The summed E-state index contributed by atoms with van der Waals surface area (Å²) < 4.78 is 0. The molecule has 0 atom stereocenters. The van der Waals surface area contributed by atoms with Gasteiger partial charge in [0, 0.05) is 11.0 Å². The third kappa shape index (κ3) is 4.47. The molecule has 184 valence electrons. The van der Waals surface area contributed by atoms with Gasteiger partial charge in [-0.1, -0.05) is 97.9 Å². The Morgan fingerprint density at radius 3 is 1.94 bits per heavy atom. The zero-order chi connectivity index (χ0) is 25.6. The molecule has 0 saturated heterocycles. The maximum absolute atomic E-state index is 11.4. The zero-order valence-electron chi connectivity index (χ0n) is 22.5. The summed E-state index contributed by atoms with van der Waals surface area (Å²) >= 11 is 0. The summed E-state index contributed by atoms with van der Waals surface area (Å²) in [6.07, 6.45) is 1.91. The fraction of sp³-hybridized carbons (Fsp3) is 0.419. The summed E-state index contributed by atoms with van der Waals surface area (Å²) in [5.74, 6) is 0.262. The highest BCUT2D eigenvalue weighted by molar-refractivity contribution is 5.76. The lowest BCUT2D eigenvalue weighted by Gasteiger charge is -2.30. The third-order valence-electron chi connectivity index (χ3n) is 8.18. The minimum atomic E-state index is -0.169. The maximum atomic E-state index is 11.4. The van der Waals surface area contributed by atoms with Crippen molar-refractivity contribution < 1.29 is 5.11 Å². The lowest BCUT2D eigenvalue weighted by Crippen LogP contribution is -2.21. The molecule has 0 spiro atoms. The van der Waals surface area contributed by atoms with Gasteiger partial charge in [0.05, 0.1) is 0 Å². The van der Waals surface area contributed by atoms with Crippen molar-refractivity contribution in [3.8, 4) is 11.4 Å². The lowest BCUT2D eigenvalue weighted by molar-refractivity contribution is 0.420. The van der Waals surface area contributed by atoms with Crippen LogP contribution in [0.15, 0.2) is 60.7 Å². The molecule has 35 heavy (non-hydrogen) atoms. The molecule has 0 aliphatic heterocycles. The van der Waals surface area contributed by atoms with Gasteiger partial charge in [0.2, 0.25) is 0 Å². The van der Waals surface area contributed by atoms with E-state index in [0.717, 1.165) is 29.4 Å². The number of nitrogens with zero attached hydrogens (tertiary/aromatic N) is 3. The summed E-state index contributed by atoms with van der Waals surface area (Å²) in [5, 5.41) is 21.1. The van der Waals surface area contributed by atoms with Crippen LogP contribution in [0.3, 0.4) is 0 Å². The summed E-state index contributed by atoms with van der Waals surface area (Å²) in [6.45, 7) is 17.7. The number of benzene rings is 3. The van der Waals surface area contributed by atoms with Crippen LogP contribution in [0.2, 0.25) is 0 Å². The van der Waals surface area contributed by atoms with E-state index >= 15 is 0 Å². The van der Waals surface area contributed by atoms with Crippen molar-refractivity contribution in [3.63, 3.8) is 0 Å². The molecule has 4 rings (SSSR count). The molecule has 4 aromatic rings. The number of fused-ring (bicyclic) bond motifs is 1. The SMILES string of the molecule is CCC(C)(C)c1cc(-n2nc3ccc(C(C)(C)c4ccccc4)cc3n2)c(O)c(C(C)(C)CC)c1. The van der Waals surface area contributed by atoms with Crippen LogP contribution in [0, 0.1) is 0 Å². The van der Waals surface area contributed by atoms with Crippen molar-refractivity contribution in [1.82, 2.24) is 15.0 Å². The van der Waals surface area contributed by atoms with E-state index in [2.05, 4.69) is 104 Å². The minimum Gasteiger partial charge on any atom is -0.505 e. The first-order valence-electron chi connectivity index (χ1n) is 12.7. The Balaban J connectivity index is 1.88. The minimum absolute atomic E-state index is 0.0273. The van der Waals surface area contributed by atoms with Crippen molar-refractivity contribution in [3.05, 3.63) is 82.9 Å². The van der Waals surface area contributed by atoms with E-state index in [0.29, 0.717) is 5.69 Å². The molecule has 0 bridgehead atoms. The predicted octanol–water partition coefficient (Wildman–Crippen LogP) is 7.83. The Kier molecular flexibility index (Phi) is 6.29. The second-order valence-electron chi connectivity index (χ2n) is 11.6. The molecule has 4 heteroatoms. The van der Waals surface area contributed by atoms with Gasteiger partial charge in [-0.05, 0) is 58.6 Å². The van der Waals surface area contributed by atoms with Crippen molar-refractivity contribution >= 4 is 11.0 Å². The van der Waals surface area contributed by atoms with Gasteiger partial charge in [-0.2, -0.15) is 0 Å². The Morgan fingerprint density at radius 1 is 0.686 bits per heavy atom. The van der Waals surface area contributed by atoms with Crippen LogP contribution in [0.1, 0.15) is 90.5 Å². The average Bonchev–Trinajstić information content (AvgIpc) is 3.27. The fourth-order valence-corrected chi connectivity index (χ4v) is 4.51. The molecule has 0 saturated carbocycles. The Bertz CT molecular complexity index is 1350. The summed E-state index contributed by atoms with van der Waals surface area (Å²) in [4.78, 5) is 1.61. The first kappa shape index (κ1) is 25.0. The van der Waals surface area contributed by atoms with E-state index in [-0.39, 0.29) is 22.0 Å². The molecule has 1 N–H and O–H groups in total. The predicted molar refractivity (Wildman–Crippen MR) is 146 cm³/mol. The highest BCUT2D eigenvalue weighted by Crippen LogP contribution is 2.41. The van der Waals surface area contributed by atoms with E-state index in [9.17, 15) is 5.11 Å². The van der Waals surface area contributed by atoms with Crippen LogP contribution >= 0.6 is 0 Å². The van der Waals surface area contributed by atoms with E-state index in [1.165, 1.54) is 16.7 Å². The second-order valence-corrected chi connectivity index (χ2v) is 11.6. The van der Waals surface area contributed by atoms with Gasteiger partial charge < -0.3 is 5.11 Å². The van der Waals surface area contributed by atoms with E-state index in [1.54, 1.807) is 4.80 Å². The fourth-order valence-electron chi connectivity index (χ4n) is 4.51. The summed E-state index contributed by atoms with van der Waals surface area (Å²) in [6, 6.07) is 21.1. The number of hydrogen-bond donors (Lipinski definition) is 1. The molecule has 3 aromatic carbocycles. The molecule has 1 aromatic heterocycles. The standard InChI is InChI=1S/C31H39N3O/c1-9-29(3,4)23-18-24(30(5,6)10-2)28(35)27(20-23)34-32-25-17-16-22(19-26(25)33-34)31(7,8)21-14-12-11-13-15-21/h11-20,35H,9-10H2,1-8H3. The first-order chi connectivity index (χ1) is 16.4. The molecule has 4 nitrogen and oxygen atoms in total. The van der Waals surface area contributed by atoms with Crippen molar-refractivity contribution in [2.24, 2.45) is 0 Å². The molecule has 0 aliphatic carbocycles. The van der Waals surface area contributed by atoms with Crippen molar-refractivity contribution in [2.45, 2.75) is 84.5 Å². The molecular formula is C31H39N3O. The van der Waals surface area contributed by atoms with Crippen LogP contribution in [-0.4, -0.2) is 20.1 Å². The van der Waals surface area contributed by atoms with Gasteiger partial charge in [-0.3, -0.25) is 0 Å². The maximum Gasteiger partial charge on any atom is 0.146 e. The number of rotatable bonds is 7. The van der Waals surface area contributed by atoms with Crippen LogP contribution in [0.4, 0.5) is 0 Å². The molecule has 0 aliphatic rings. The number of aromatic hydroxyl groups is 1. The summed E-state index contributed by atoms with van der Waals surface area (Å²) in [7, 11) is 0. The van der Waals surface area contributed by atoms with Gasteiger partial charge in [0.15, 0.2) is 0 Å². The van der Waals surface area contributed by atoms with E-state index in [1.807, 2.05) is 12.1 Å². The van der Waals surface area contributed by atoms with Gasteiger partial charge in [0.25, 0.3) is 0 Å². The van der Waals surface area contributed by atoms with Crippen LogP contribution in [0.5, 0.6) is 5.75 Å². The van der Waals surface area contributed by atoms with Crippen molar-refractivity contribution in [2.75, 3.05) is 0 Å². The topological polar surface area (TPSA) is 50.9 Å². The highest BCUT2D eigenvalue weighted by atomic mass is 16.3. The van der Waals surface area contributed by atoms with Gasteiger partial charge in [0.1, 0.15) is 22.5 Å². The van der Waals surface area contributed by atoms with Crippen LogP contribution < -0.4 is 0 Å². The number of aromatic nitrogens is 3. The molecule has 0 fully saturated rings. The number of phenolic OH excluding ortho intramolecular Hbond substituents is 1. The number of phenols is 1. The highest BCUT2D eigenvalue weighted by Gasteiger charge is 2.29. The average molecular weight is 470 g/mol. The molecular weight excluding hydrogens is 430 g/mol. The zero-order valence-corrected chi connectivity index (χ0v) is 22.5. The van der Waals surface area contributed by atoms with Crippen LogP contribution in [0.25, 0.3) is 16.7 Å². The van der Waals surface area contributed by atoms with Gasteiger partial charge in [-0.15, -0.1) is 15.0 Å². The van der Waals surface area contributed by atoms with Gasteiger partial charge in [-0.25, -0.2) is 0 Å². The van der Waals surface area contributed by atoms with Crippen molar-refractivity contribution in [1.29, 1.82) is 0 Å². The normalized spacial score (nSPS) is 12.9. The number of hydrogen-bond acceptors (Lipinski definition) is 3. The smallest absolute Gasteiger partial charge is 0.146 e. The van der Waals surface area contributed by atoms with Crippen LogP contribution in [-0.2, 0) is 16.2 Å². The Morgan fingerprint density at radius 2 is 1.31 bits per heavy atom. The quantitative estimate of drug-likeness (QED) is 0.300. The van der Waals surface area contributed by atoms with E-state index < -0.39 is 0 Å². The molecule has 0 radical (unpaired) electrons. The van der Waals surface area contributed by atoms with E-state index in [4.69, 9.17) is 10.2 Å². The first-order valence-corrected chi connectivity index (χ1v) is 12.7. The third-order valence-corrected chi connectivity index (χ3v) is 8.18. The molecule has 1 heterocycles. The molecule has 0 amide bonds.